The number of amides is 3. The minimum Gasteiger partial charge on any atom is -0.477 e. The van der Waals surface area contributed by atoms with Gasteiger partial charge in [0.1, 0.15) is 11.6 Å². The summed E-state index contributed by atoms with van der Waals surface area (Å²) in [7, 11) is 1.39. The summed E-state index contributed by atoms with van der Waals surface area (Å²) in [6.07, 6.45) is 6.42. The standard InChI is InChI=1S/C31H29F4N3O4/c1-37(27-16-24(32)15-25(33)17-27)30(42)38(26-13-11-22(12-14-26)21-5-3-2-4-6-21)18-20-7-9-23(10-8-20)28(39)36-19-31(34,35)29(40)41/h5,7-17H,2-4,6,18-19H2,1H3,(H,36,39)(H,40,41). The second-order valence-corrected chi connectivity index (χ2v) is 9.97. The van der Waals surface area contributed by atoms with Gasteiger partial charge < -0.3 is 10.4 Å². The summed E-state index contributed by atoms with van der Waals surface area (Å²) < 4.78 is 54.5. The summed E-state index contributed by atoms with van der Waals surface area (Å²) in [5.74, 6) is -9.03. The maximum Gasteiger partial charge on any atom is 0.376 e. The van der Waals surface area contributed by atoms with Crippen molar-refractivity contribution in [3.63, 3.8) is 0 Å². The molecule has 0 spiro atoms. The molecule has 220 valence electrons. The van der Waals surface area contributed by atoms with Crippen LogP contribution >= 0.6 is 0 Å². The average molecular weight is 584 g/mol. The molecule has 0 atom stereocenters. The van der Waals surface area contributed by atoms with Crippen LogP contribution in [-0.2, 0) is 11.3 Å². The lowest BCUT2D eigenvalue weighted by molar-refractivity contribution is -0.163. The van der Waals surface area contributed by atoms with Gasteiger partial charge in [0.25, 0.3) is 5.91 Å². The zero-order valence-electron chi connectivity index (χ0n) is 22.7. The van der Waals surface area contributed by atoms with Crippen LogP contribution in [0.15, 0.2) is 72.8 Å². The molecule has 7 nitrogen and oxygen atoms in total. The highest BCUT2D eigenvalue weighted by atomic mass is 19.3. The summed E-state index contributed by atoms with van der Waals surface area (Å²) >= 11 is 0. The predicted octanol–water partition coefficient (Wildman–Crippen LogP) is 6.63. The number of nitrogens with one attached hydrogen (secondary N) is 1. The summed E-state index contributed by atoms with van der Waals surface area (Å²) in [6, 6.07) is 15.4. The van der Waals surface area contributed by atoms with E-state index in [4.69, 9.17) is 5.11 Å². The van der Waals surface area contributed by atoms with Gasteiger partial charge in [0.15, 0.2) is 0 Å². The first-order chi connectivity index (χ1) is 19.9. The number of carboxylic acids is 1. The second-order valence-electron chi connectivity index (χ2n) is 9.97. The molecule has 0 unspecified atom stereocenters. The lowest BCUT2D eigenvalue weighted by Gasteiger charge is -2.29. The molecule has 3 aromatic carbocycles. The van der Waals surface area contributed by atoms with Crippen LogP contribution in [0.2, 0.25) is 0 Å². The molecule has 0 saturated heterocycles. The molecule has 0 aliphatic heterocycles. The smallest absolute Gasteiger partial charge is 0.376 e. The third-order valence-electron chi connectivity index (χ3n) is 6.93. The fraction of sp³-hybridized carbons (Fsp3) is 0.258. The van der Waals surface area contributed by atoms with E-state index in [0.29, 0.717) is 17.3 Å². The molecule has 4 rings (SSSR count). The summed E-state index contributed by atoms with van der Waals surface area (Å²) in [4.78, 5) is 39.1. The highest BCUT2D eigenvalue weighted by molar-refractivity contribution is 6.03. The zero-order chi connectivity index (χ0) is 30.4. The number of carbonyl (C=O) groups is 3. The zero-order valence-corrected chi connectivity index (χ0v) is 22.7. The number of allylic oxidation sites excluding steroid dienone is 2. The van der Waals surface area contributed by atoms with Crippen LogP contribution in [-0.4, -0.2) is 42.5 Å². The molecule has 1 aliphatic carbocycles. The van der Waals surface area contributed by atoms with Crippen molar-refractivity contribution < 1.29 is 37.1 Å². The van der Waals surface area contributed by atoms with Gasteiger partial charge in [-0.05, 0) is 78.8 Å². The van der Waals surface area contributed by atoms with Crippen LogP contribution in [0.3, 0.4) is 0 Å². The van der Waals surface area contributed by atoms with E-state index in [1.807, 2.05) is 17.4 Å². The topological polar surface area (TPSA) is 90.0 Å². The van der Waals surface area contributed by atoms with E-state index in [1.54, 1.807) is 12.1 Å². The van der Waals surface area contributed by atoms with Crippen molar-refractivity contribution in [3.05, 3.63) is 101 Å². The Morgan fingerprint density at radius 2 is 1.55 bits per heavy atom. The van der Waals surface area contributed by atoms with Crippen molar-refractivity contribution in [2.45, 2.75) is 38.2 Å². The van der Waals surface area contributed by atoms with Crippen LogP contribution in [0.1, 0.15) is 47.2 Å². The van der Waals surface area contributed by atoms with Gasteiger partial charge in [0.05, 0.1) is 18.8 Å². The van der Waals surface area contributed by atoms with Crippen molar-refractivity contribution in [1.29, 1.82) is 0 Å². The summed E-state index contributed by atoms with van der Waals surface area (Å²) in [6.45, 7) is -1.37. The van der Waals surface area contributed by atoms with Gasteiger partial charge in [-0.1, -0.05) is 30.3 Å². The number of alkyl halides is 2. The third kappa shape index (κ3) is 7.34. The number of benzene rings is 3. The van der Waals surface area contributed by atoms with Crippen molar-refractivity contribution in [2.75, 3.05) is 23.4 Å². The lowest BCUT2D eigenvalue weighted by atomic mass is 9.93. The average Bonchev–Trinajstić information content (AvgIpc) is 2.98. The number of hydrogen-bond acceptors (Lipinski definition) is 3. The molecule has 0 heterocycles. The van der Waals surface area contributed by atoms with Gasteiger partial charge in [-0.25, -0.2) is 18.4 Å². The number of aliphatic carboxylic acids is 1. The normalized spacial score (nSPS) is 13.2. The number of rotatable bonds is 9. The van der Waals surface area contributed by atoms with Crippen molar-refractivity contribution in [2.24, 2.45) is 0 Å². The van der Waals surface area contributed by atoms with Gasteiger partial charge in [-0.3, -0.25) is 14.6 Å². The van der Waals surface area contributed by atoms with Gasteiger partial charge >= 0.3 is 17.9 Å². The van der Waals surface area contributed by atoms with E-state index < -0.39 is 42.0 Å². The van der Waals surface area contributed by atoms with Gasteiger partial charge in [-0.2, -0.15) is 8.78 Å². The van der Waals surface area contributed by atoms with Crippen LogP contribution in [0.25, 0.3) is 5.57 Å². The number of hydrogen-bond donors (Lipinski definition) is 2. The number of halogens is 4. The third-order valence-corrected chi connectivity index (χ3v) is 6.93. The lowest BCUT2D eigenvalue weighted by Crippen LogP contribution is -2.42. The van der Waals surface area contributed by atoms with Crippen molar-refractivity contribution in [3.8, 4) is 0 Å². The Labute approximate surface area is 240 Å². The van der Waals surface area contributed by atoms with E-state index in [1.165, 1.54) is 41.8 Å². The predicted molar refractivity (Wildman–Crippen MR) is 151 cm³/mol. The summed E-state index contributed by atoms with van der Waals surface area (Å²) in [5.41, 5.74) is 3.37. The van der Waals surface area contributed by atoms with Gasteiger partial charge in [-0.15, -0.1) is 0 Å². The first kappa shape index (κ1) is 30.3. The molecule has 0 aromatic heterocycles. The monoisotopic (exact) mass is 583 g/mol. The molecule has 11 heteroatoms. The minimum atomic E-state index is -4.11. The van der Waals surface area contributed by atoms with Crippen LogP contribution in [0, 0.1) is 11.6 Å². The van der Waals surface area contributed by atoms with E-state index in [0.717, 1.165) is 48.3 Å². The highest BCUT2D eigenvalue weighted by Gasteiger charge is 2.39. The maximum atomic E-state index is 13.9. The van der Waals surface area contributed by atoms with E-state index >= 15 is 0 Å². The molecule has 0 fully saturated rings. The van der Waals surface area contributed by atoms with E-state index in [-0.39, 0.29) is 17.8 Å². The Balaban J connectivity index is 1.58. The molecule has 3 aromatic rings. The fourth-order valence-corrected chi connectivity index (χ4v) is 4.56. The fourth-order valence-electron chi connectivity index (χ4n) is 4.56. The first-order valence-electron chi connectivity index (χ1n) is 13.2. The molecule has 42 heavy (non-hydrogen) atoms. The molecular formula is C31H29F4N3O4. The highest BCUT2D eigenvalue weighted by Crippen LogP contribution is 2.29. The van der Waals surface area contributed by atoms with Crippen LogP contribution < -0.4 is 15.1 Å². The second kappa shape index (κ2) is 12.9. The largest absolute Gasteiger partial charge is 0.477 e. The minimum absolute atomic E-state index is 0.00198. The molecule has 0 saturated carbocycles. The summed E-state index contributed by atoms with van der Waals surface area (Å²) in [5, 5.41) is 10.4. The Morgan fingerprint density at radius 3 is 2.12 bits per heavy atom. The molecule has 0 bridgehead atoms. The Hall–Kier alpha value is -4.67. The van der Waals surface area contributed by atoms with E-state index in [2.05, 4.69) is 6.08 Å². The SMILES string of the molecule is CN(C(=O)N(Cc1ccc(C(=O)NCC(F)(F)C(=O)O)cc1)c1ccc(C2=CCCCC2)cc1)c1cc(F)cc(F)c1. The molecular weight excluding hydrogens is 554 g/mol. The van der Waals surface area contributed by atoms with Gasteiger partial charge in [0, 0.05) is 24.4 Å². The molecule has 1 aliphatic rings. The first-order valence-corrected chi connectivity index (χ1v) is 13.2. The number of nitrogens with zero attached hydrogens (tertiary/aromatic N) is 2. The van der Waals surface area contributed by atoms with Crippen LogP contribution in [0.5, 0.6) is 0 Å². The number of urea groups is 1. The number of anilines is 2. The maximum absolute atomic E-state index is 13.9. The van der Waals surface area contributed by atoms with Crippen molar-refractivity contribution in [1.82, 2.24) is 5.32 Å². The Morgan fingerprint density at radius 1 is 0.905 bits per heavy atom. The Bertz CT molecular complexity index is 1470. The number of carboxylic acid groups (broad SMARTS) is 1. The molecule has 0 radical (unpaired) electrons. The van der Waals surface area contributed by atoms with Crippen molar-refractivity contribution >= 4 is 34.9 Å². The quantitative estimate of drug-likeness (QED) is 0.277. The number of carbonyl (C=O) groups excluding carboxylic acids is 2. The molecule has 2 N–H and O–H groups in total. The van der Waals surface area contributed by atoms with Crippen LogP contribution in [0.4, 0.5) is 33.7 Å². The Kier molecular flexibility index (Phi) is 9.29. The van der Waals surface area contributed by atoms with Gasteiger partial charge in [0.2, 0.25) is 0 Å². The van der Waals surface area contributed by atoms with E-state index in [9.17, 15) is 31.9 Å². The molecule has 3 amide bonds.